The van der Waals surface area contributed by atoms with Gasteiger partial charge in [-0.05, 0) is 38.0 Å². The second-order valence-corrected chi connectivity index (χ2v) is 6.28. The third-order valence-electron chi connectivity index (χ3n) is 3.49. The van der Waals surface area contributed by atoms with Gasteiger partial charge in [0.15, 0.2) is 11.5 Å². The lowest BCUT2D eigenvalue weighted by Crippen LogP contribution is -2.38. The van der Waals surface area contributed by atoms with Crippen molar-refractivity contribution in [2.45, 2.75) is 26.3 Å². The van der Waals surface area contributed by atoms with Crippen molar-refractivity contribution in [3.05, 3.63) is 39.8 Å². The number of carbonyl (C=O) groups is 1. The largest absolute Gasteiger partial charge is 0.454 e. The highest BCUT2D eigenvalue weighted by Crippen LogP contribution is 2.32. The van der Waals surface area contributed by atoms with Gasteiger partial charge in [-0.1, -0.05) is 6.07 Å². The summed E-state index contributed by atoms with van der Waals surface area (Å²) in [6, 6.07) is 5.53. The first-order valence-electron chi connectivity index (χ1n) is 7.47. The van der Waals surface area contributed by atoms with E-state index in [1.165, 1.54) is 0 Å². The normalized spacial score (nSPS) is 13.7. The summed E-state index contributed by atoms with van der Waals surface area (Å²) in [7, 11) is 0. The van der Waals surface area contributed by atoms with Crippen LogP contribution in [0.25, 0.3) is 0 Å². The molecule has 0 aliphatic carbocycles. The summed E-state index contributed by atoms with van der Waals surface area (Å²) in [5, 5.41) is 8.64. The molecule has 1 aliphatic heterocycles. The summed E-state index contributed by atoms with van der Waals surface area (Å²) >= 11 is 1.55. The summed E-state index contributed by atoms with van der Waals surface area (Å²) in [6.07, 6.45) is 0.731. The number of thiazole rings is 1. The topological polar surface area (TPSA) is 72.5 Å². The van der Waals surface area contributed by atoms with E-state index in [0.717, 1.165) is 34.2 Å². The summed E-state index contributed by atoms with van der Waals surface area (Å²) in [5.41, 5.74) is 2.07. The lowest BCUT2D eigenvalue weighted by molar-refractivity contribution is 0.174. The second kappa shape index (κ2) is 6.87. The van der Waals surface area contributed by atoms with Gasteiger partial charge in [0.05, 0.1) is 6.04 Å². The number of nitrogens with zero attached hydrogens (tertiary/aromatic N) is 1. The number of ether oxygens (including phenoxy) is 2. The van der Waals surface area contributed by atoms with Crippen LogP contribution < -0.4 is 20.1 Å². The number of nitrogens with one attached hydrogen (secondary N) is 2. The molecular formula is C16H19N3O3S. The smallest absolute Gasteiger partial charge is 0.315 e. The average Bonchev–Trinajstić information content (AvgIpc) is 3.15. The third kappa shape index (κ3) is 3.92. The summed E-state index contributed by atoms with van der Waals surface area (Å²) in [6.45, 7) is 4.69. The van der Waals surface area contributed by atoms with E-state index >= 15 is 0 Å². The third-order valence-corrected chi connectivity index (χ3v) is 4.64. The van der Waals surface area contributed by atoms with Crippen LogP contribution >= 0.6 is 11.3 Å². The second-order valence-electron chi connectivity index (χ2n) is 5.39. The Morgan fingerprint density at radius 3 is 3.00 bits per heavy atom. The predicted molar refractivity (Wildman–Crippen MR) is 88.1 cm³/mol. The molecule has 3 rings (SSSR count). The maximum Gasteiger partial charge on any atom is 0.315 e. The molecule has 1 atom stereocenters. The van der Waals surface area contributed by atoms with Gasteiger partial charge in [0, 0.05) is 17.6 Å². The van der Waals surface area contributed by atoms with Crippen molar-refractivity contribution in [1.29, 1.82) is 0 Å². The highest BCUT2D eigenvalue weighted by Gasteiger charge is 2.14. The van der Waals surface area contributed by atoms with Crippen molar-refractivity contribution >= 4 is 17.4 Å². The highest BCUT2D eigenvalue weighted by atomic mass is 32.1. The van der Waals surface area contributed by atoms with Crippen LogP contribution in [-0.4, -0.2) is 24.4 Å². The van der Waals surface area contributed by atoms with Crippen molar-refractivity contribution in [1.82, 2.24) is 15.6 Å². The molecule has 2 aromatic rings. The number of fused-ring (bicyclic) bond motifs is 1. The molecule has 0 fully saturated rings. The minimum atomic E-state index is -0.189. The molecule has 6 nitrogen and oxygen atoms in total. The molecule has 1 aliphatic rings. The van der Waals surface area contributed by atoms with Crippen molar-refractivity contribution < 1.29 is 14.3 Å². The maximum atomic E-state index is 11.9. The van der Waals surface area contributed by atoms with Crippen molar-refractivity contribution in [2.75, 3.05) is 13.3 Å². The Labute approximate surface area is 138 Å². The van der Waals surface area contributed by atoms with E-state index in [0.29, 0.717) is 6.54 Å². The average molecular weight is 333 g/mol. The molecule has 23 heavy (non-hydrogen) atoms. The molecule has 0 saturated carbocycles. The van der Waals surface area contributed by atoms with Crippen molar-refractivity contribution in [3.8, 4) is 11.5 Å². The van der Waals surface area contributed by atoms with E-state index in [1.807, 2.05) is 37.4 Å². The Morgan fingerprint density at radius 2 is 2.22 bits per heavy atom. The summed E-state index contributed by atoms with van der Waals surface area (Å²) in [5.74, 6) is 1.53. The van der Waals surface area contributed by atoms with Crippen LogP contribution in [0.5, 0.6) is 11.5 Å². The zero-order valence-corrected chi connectivity index (χ0v) is 13.9. The van der Waals surface area contributed by atoms with Gasteiger partial charge in [-0.2, -0.15) is 0 Å². The summed E-state index contributed by atoms with van der Waals surface area (Å²) in [4.78, 5) is 16.3. The lowest BCUT2D eigenvalue weighted by Gasteiger charge is -2.12. The molecular weight excluding hydrogens is 314 g/mol. The van der Waals surface area contributed by atoms with Gasteiger partial charge >= 0.3 is 6.03 Å². The van der Waals surface area contributed by atoms with Crippen LogP contribution in [0.15, 0.2) is 23.6 Å². The number of amides is 2. The van der Waals surface area contributed by atoms with Gasteiger partial charge in [-0.3, -0.25) is 0 Å². The van der Waals surface area contributed by atoms with Crippen LogP contribution in [-0.2, 0) is 6.42 Å². The minimum absolute atomic E-state index is 0.0979. The Kier molecular flexibility index (Phi) is 4.66. The number of rotatable bonds is 5. The van der Waals surface area contributed by atoms with Crippen LogP contribution in [0.3, 0.4) is 0 Å². The molecule has 0 unspecified atom stereocenters. The number of carbonyl (C=O) groups excluding carboxylic acids is 1. The van der Waals surface area contributed by atoms with E-state index < -0.39 is 0 Å². The fraction of sp³-hybridized carbons (Fsp3) is 0.375. The van der Waals surface area contributed by atoms with E-state index in [4.69, 9.17) is 9.47 Å². The standard InChI is InChI=1S/C16H19N3O3S/c1-10-8-23-15(18-10)11(2)19-16(20)17-6-5-12-3-4-13-14(7-12)22-9-21-13/h3-4,7-8,11H,5-6,9H2,1-2H3,(H2,17,19,20)/t11-/m1/s1. The van der Waals surface area contributed by atoms with E-state index in [-0.39, 0.29) is 18.9 Å². The minimum Gasteiger partial charge on any atom is -0.454 e. The maximum absolute atomic E-state index is 11.9. The molecule has 0 bridgehead atoms. The lowest BCUT2D eigenvalue weighted by atomic mass is 10.1. The Morgan fingerprint density at radius 1 is 1.39 bits per heavy atom. The van der Waals surface area contributed by atoms with E-state index in [9.17, 15) is 4.79 Å². The van der Waals surface area contributed by atoms with Gasteiger partial charge < -0.3 is 20.1 Å². The molecule has 7 heteroatoms. The van der Waals surface area contributed by atoms with Gasteiger partial charge in [0.2, 0.25) is 6.79 Å². The predicted octanol–water partition coefficient (Wildman–Crippen LogP) is 2.78. The van der Waals surface area contributed by atoms with Gasteiger partial charge in [0.25, 0.3) is 0 Å². The molecule has 0 saturated heterocycles. The molecule has 122 valence electrons. The Hall–Kier alpha value is -2.28. The first kappa shape index (κ1) is 15.6. The molecule has 2 N–H and O–H groups in total. The molecule has 2 heterocycles. The summed E-state index contributed by atoms with van der Waals surface area (Å²) < 4.78 is 10.6. The van der Waals surface area contributed by atoms with Gasteiger partial charge in [-0.25, -0.2) is 9.78 Å². The SMILES string of the molecule is Cc1csc([C@@H](C)NC(=O)NCCc2ccc3c(c2)OCO3)n1. The van der Waals surface area contributed by atoms with Gasteiger partial charge in [-0.15, -0.1) is 11.3 Å². The number of benzene rings is 1. The quantitative estimate of drug-likeness (QED) is 0.882. The fourth-order valence-corrected chi connectivity index (χ4v) is 3.10. The number of hydrogen-bond acceptors (Lipinski definition) is 5. The van der Waals surface area contributed by atoms with E-state index in [2.05, 4.69) is 15.6 Å². The highest BCUT2D eigenvalue weighted by molar-refractivity contribution is 7.09. The number of hydrogen-bond donors (Lipinski definition) is 2. The van der Waals surface area contributed by atoms with Crippen LogP contribution in [0.4, 0.5) is 4.79 Å². The van der Waals surface area contributed by atoms with Crippen molar-refractivity contribution in [3.63, 3.8) is 0 Å². The number of aromatic nitrogens is 1. The molecule has 0 spiro atoms. The zero-order valence-electron chi connectivity index (χ0n) is 13.1. The molecule has 2 amide bonds. The van der Waals surface area contributed by atoms with Crippen LogP contribution in [0.2, 0.25) is 0 Å². The van der Waals surface area contributed by atoms with Crippen molar-refractivity contribution in [2.24, 2.45) is 0 Å². The van der Waals surface area contributed by atoms with E-state index in [1.54, 1.807) is 11.3 Å². The molecule has 1 aromatic carbocycles. The number of aryl methyl sites for hydroxylation is 1. The fourth-order valence-electron chi connectivity index (χ4n) is 2.30. The molecule has 1 aromatic heterocycles. The van der Waals surface area contributed by atoms with Crippen LogP contribution in [0, 0.1) is 6.92 Å². The first-order valence-corrected chi connectivity index (χ1v) is 8.34. The monoisotopic (exact) mass is 333 g/mol. The first-order chi connectivity index (χ1) is 11.1. The Balaban J connectivity index is 1.44. The van der Waals surface area contributed by atoms with Gasteiger partial charge in [0.1, 0.15) is 5.01 Å². The Bertz CT molecular complexity index is 702. The van der Waals surface area contributed by atoms with Crippen LogP contribution in [0.1, 0.15) is 29.2 Å². The zero-order chi connectivity index (χ0) is 16.2. The molecule has 0 radical (unpaired) electrons. The number of urea groups is 1.